The Morgan fingerprint density at radius 2 is 1.62 bits per heavy atom. The molecule has 0 aliphatic heterocycles. The highest BCUT2D eigenvalue weighted by Crippen LogP contribution is 2.29. The topological polar surface area (TPSA) is 52.6 Å². The summed E-state index contributed by atoms with van der Waals surface area (Å²) in [5.74, 6) is 3.19. The van der Waals surface area contributed by atoms with Crippen molar-refractivity contribution < 1.29 is 14.2 Å². The summed E-state index contributed by atoms with van der Waals surface area (Å²) < 4.78 is 17.5. The number of rotatable bonds is 10. The van der Waals surface area contributed by atoms with Gasteiger partial charge in [0.05, 0.1) is 6.61 Å². The molecule has 2 aromatic carbocycles. The third-order valence-electron chi connectivity index (χ3n) is 4.38. The van der Waals surface area contributed by atoms with Gasteiger partial charge in [0, 0.05) is 12.7 Å². The van der Waals surface area contributed by atoms with Crippen molar-refractivity contribution in [2.45, 2.75) is 27.3 Å². The molecular formula is C24H28N2O3. The summed E-state index contributed by atoms with van der Waals surface area (Å²) >= 11 is 0. The van der Waals surface area contributed by atoms with Crippen molar-refractivity contribution in [2.24, 2.45) is 0 Å². The fraction of sp³-hybridized carbons (Fsp3) is 0.292. The minimum absolute atomic E-state index is 0.443. The fourth-order valence-corrected chi connectivity index (χ4v) is 2.97. The van der Waals surface area contributed by atoms with Crippen LogP contribution in [0.4, 0.5) is 5.82 Å². The SMILES string of the molecule is CCOc1cc(CNc2ccccn2)ccc1OCCOc1ccc(C)cc1C. The maximum atomic E-state index is 5.91. The lowest BCUT2D eigenvalue weighted by Gasteiger charge is -2.15. The zero-order valence-corrected chi connectivity index (χ0v) is 17.3. The molecule has 1 heterocycles. The van der Waals surface area contributed by atoms with Crippen LogP contribution in [0, 0.1) is 13.8 Å². The van der Waals surface area contributed by atoms with Gasteiger partial charge >= 0.3 is 0 Å². The molecule has 0 saturated heterocycles. The van der Waals surface area contributed by atoms with Crippen LogP contribution in [0.25, 0.3) is 0 Å². The molecule has 0 saturated carbocycles. The van der Waals surface area contributed by atoms with Crippen molar-refractivity contribution in [3.63, 3.8) is 0 Å². The van der Waals surface area contributed by atoms with Crippen LogP contribution in [0.2, 0.25) is 0 Å². The van der Waals surface area contributed by atoms with E-state index >= 15 is 0 Å². The molecule has 29 heavy (non-hydrogen) atoms. The van der Waals surface area contributed by atoms with Gasteiger partial charge in [0.2, 0.25) is 0 Å². The van der Waals surface area contributed by atoms with Gasteiger partial charge in [-0.3, -0.25) is 0 Å². The second kappa shape index (κ2) is 10.4. The molecule has 1 aromatic heterocycles. The molecule has 152 valence electrons. The molecule has 0 radical (unpaired) electrons. The zero-order valence-electron chi connectivity index (χ0n) is 17.3. The maximum absolute atomic E-state index is 5.91. The number of aromatic nitrogens is 1. The molecule has 3 aromatic rings. The standard InChI is InChI=1S/C24H28N2O3/c1-4-27-23-16-20(17-26-24-7-5-6-12-25-24)9-11-22(23)29-14-13-28-21-10-8-18(2)15-19(21)3/h5-12,15-16H,4,13-14,17H2,1-3H3,(H,25,26). The van der Waals surface area contributed by atoms with Gasteiger partial charge in [0.1, 0.15) is 24.8 Å². The zero-order chi connectivity index (χ0) is 20.5. The van der Waals surface area contributed by atoms with Gasteiger partial charge in [0.25, 0.3) is 0 Å². The van der Waals surface area contributed by atoms with Crippen LogP contribution in [0.1, 0.15) is 23.6 Å². The summed E-state index contributed by atoms with van der Waals surface area (Å²) in [5.41, 5.74) is 3.45. The van der Waals surface area contributed by atoms with Crippen LogP contribution in [-0.2, 0) is 6.54 Å². The fourth-order valence-electron chi connectivity index (χ4n) is 2.97. The molecule has 0 aliphatic rings. The minimum atomic E-state index is 0.443. The summed E-state index contributed by atoms with van der Waals surface area (Å²) in [5, 5.41) is 3.30. The highest BCUT2D eigenvalue weighted by atomic mass is 16.5. The Kier molecular flexibility index (Phi) is 7.34. The second-order valence-electron chi connectivity index (χ2n) is 6.75. The van der Waals surface area contributed by atoms with Gasteiger partial charge in [0.15, 0.2) is 11.5 Å². The number of aryl methyl sites for hydroxylation is 2. The molecule has 0 fully saturated rings. The summed E-state index contributed by atoms with van der Waals surface area (Å²) in [7, 11) is 0. The minimum Gasteiger partial charge on any atom is -0.490 e. The van der Waals surface area contributed by atoms with E-state index in [1.165, 1.54) is 5.56 Å². The molecule has 0 unspecified atom stereocenters. The molecule has 5 nitrogen and oxygen atoms in total. The lowest BCUT2D eigenvalue weighted by molar-refractivity contribution is 0.207. The average molecular weight is 392 g/mol. The summed E-state index contributed by atoms with van der Waals surface area (Å²) in [6, 6.07) is 17.9. The number of anilines is 1. The van der Waals surface area contributed by atoms with Crippen molar-refractivity contribution in [1.82, 2.24) is 4.98 Å². The van der Waals surface area contributed by atoms with E-state index in [1.54, 1.807) is 6.20 Å². The van der Waals surface area contributed by atoms with E-state index in [9.17, 15) is 0 Å². The van der Waals surface area contributed by atoms with Crippen LogP contribution in [0.15, 0.2) is 60.8 Å². The van der Waals surface area contributed by atoms with Crippen molar-refractivity contribution in [2.75, 3.05) is 25.1 Å². The van der Waals surface area contributed by atoms with Crippen molar-refractivity contribution in [3.05, 3.63) is 77.5 Å². The first-order valence-corrected chi connectivity index (χ1v) is 9.89. The van der Waals surface area contributed by atoms with Gasteiger partial charge in [-0.2, -0.15) is 0 Å². The van der Waals surface area contributed by atoms with Gasteiger partial charge in [-0.15, -0.1) is 0 Å². The van der Waals surface area contributed by atoms with Gasteiger partial charge in [-0.25, -0.2) is 4.98 Å². The Labute approximate surface area is 172 Å². The molecule has 0 atom stereocenters. The van der Waals surface area contributed by atoms with Crippen LogP contribution in [0.3, 0.4) is 0 Å². The lowest BCUT2D eigenvalue weighted by Crippen LogP contribution is -2.11. The molecule has 0 spiro atoms. The molecule has 5 heteroatoms. The monoisotopic (exact) mass is 392 g/mol. The Hall–Kier alpha value is -3.21. The number of hydrogen-bond donors (Lipinski definition) is 1. The van der Waals surface area contributed by atoms with Gasteiger partial charge < -0.3 is 19.5 Å². The van der Waals surface area contributed by atoms with Crippen molar-refractivity contribution >= 4 is 5.82 Å². The summed E-state index contributed by atoms with van der Waals surface area (Å²) in [6.07, 6.45) is 1.77. The van der Waals surface area contributed by atoms with Crippen molar-refractivity contribution in [3.8, 4) is 17.2 Å². The third-order valence-corrected chi connectivity index (χ3v) is 4.38. The van der Waals surface area contributed by atoms with Crippen LogP contribution in [-0.4, -0.2) is 24.8 Å². The van der Waals surface area contributed by atoms with Crippen LogP contribution < -0.4 is 19.5 Å². The molecule has 3 rings (SSSR count). The van der Waals surface area contributed by atoms with Gasteiger partial charge in [-0.05, 0) is 62.2 Å². The third kappa shape index (κ3) is 6.14. The molecular weight excluding hydrogens is 364 g/mol. The van der Waals surface area contributed by atoms with E-state index < -0.39 is 0 Å². The summed E-state index contributed by atoms with van der Waals surface area (Å²) in [4.78, 5) is 4.27. The van der Waals surface area contributed by atoms with E-state index in [1.807, 2.05) is 62.4 Å². The number of pyridine rings is 1. The molecule has 0 bridgehead atoms. The Balaban J connectivity index is 1.55. The van der Waals surface area contributed by atoms with Crippen LogP contribution >= 0.6 is 0 Å². The Bertz CT molecular complexity index is 913. The lowest BCUT2D eigenvalue weighted by atomic mass is 10.1. The average Bonchev–Trinajstić information content (AvgIpc) is 2.73. The number of nitrogens with zero attached hydrogens (tertiary/aromatic N) is 1. The first-order valence-electron chi connectivity index (χ1n) is 9.89. The number of ether oxygens (including phenoxy) is 3. The molecule has 1 N–H and O–H groups in total. The van der Waals surface area contributed by atoms with E-state index in [0.717, 1.165) is 34.2 Å². The number of benzene rings is 2. The highest BCUT2D eigenvalue weighted by molar-refractivity contribution is 5.44. The van der Waals surface area contributed by atoms with Gasteiger partial charge in [-0.1, -0.05) is 29.8 Å². The highest BCUT2D eigenvalue weighted by Gasteiger charge is 2.08. The normalized spacial score (nSPS) is 10.4. The first-order chi connectivity index (χ1) is 14.2. The largest absolute Gasteiger partial charge is 0.490 e. The first kappa shape index (κ1) is 20.5. The Morgan fingerprint density at radius 3 is 2.34 bits per heavy atom. The predicted octanol–water partition coefficient (Wildman–Crippen LogP) is 5.17. The quantitative estimate of drug-likeness (QED) is 0.483. The van der Waals surface area contributed by atoms with Crippen molar-refractivity contribution in [1.29, 1.82) is 0 Å². The maximum Gasteiger partial charge on any atom is 0.161 e. The van der Waals surface area contributed by atoms with E-state index in [2.05, 4.69) is 23.3 Å². The number of nitrogens with one attached hydrogen (secondary N) is 1. The predicted molar refractivity (Wildman–Crippen MR) is 116 cm³/mol. The van der Waals surface area contributed by atoms with E-state index in [-0.39, 0.29) is 0 Å². The molecule has 0 aliphatic carbocycles. The summed E-state index contributed by atoms with van der Waals surface area (Å²) in [6.45, 7) is 8.24. The Morgan fingerprint density at radius 1 is 0.828 bits per heavy atom. The van der Waals surface area contributed by atoms with E-state index in [0.29, 0.717) is 26.4 Å². The van der Waals surface area contributed by atoms with E-state index in [4.69, 9.17) is 14.2 Å². The molecule has 0 amide bonds. The second-order valence-corrected chi connectivity index (χ2v) is 6.75. The number of hydrogen-bond acceptors (Lipinski definition) is 5. The van der Waals surface area contributed by atoms with Crippen LogP contribution in [0.5, 0.6) is 17.2 Å². The smallest absolute Gasteiger partial charge is 0.161 e.